The van der Waals surface area contributed by atoms with Gasteiger partial charge in [0.25, 0.3) is 5.91 Å². The Balaban J connectivity index is 1.77. The summed E-state index contributed by atoms with van der Waals surface area (Å²) in [4.78, 5) is 26.0. The molecule has 1 aromatic rings. The molecule has 1 aliphatic heterocycles. The maximum atomic E-state index is 12.7. The molecule has 8 heteroatoms. The zero-order valence-electron chi connectivity index (χ0n) is 15.6. The summed E-state index contributed by atoms with van der Waals surface area (Å²) in [5.41, 5.74) is -0.823. The first kappa shape index (κ1) is 21.2. The smallest absolute Gasteiger partial charge is 0.353 e. The third-order valence-corrected chi connectivity index (χ3v) is 4.53. The number of halogens is 3. The maximum Gasteiger partial charge on any atom is 0.416 e. The quantitative estimate of drug-likeness (QED) is 0.792. The van der Waals surface area contributed by atoms with E-state index >= 15 is 0 Å². The second kappa shape index (κ2) is 9.21. The molecule has 2 N–H and O–H groups in total. The first-order valence-electron chi connectivity index (χ1n) is 9.12. The van der Waals surface area contributed by atoms with E-state index in [1.807, 2.05) is 13.8 Å². The van der Waals surface area contributed by atoms with Crippen LogP contribution in [0.15, 0.2) is 24.3 Å². The van der Waals surface area contributed by atoms with E-state index in [9.17, 15) is 22.8 Å². The molecular weight excluding hydrogens is 359 g/mol. The first-order valence-corrected chi connectivity index (χ1v) is 9.12. The van der Waals surface area contributed by atoms with Crippen molar-refractivity contribution in [3.63, 3.8) is 0 Å². The minimum absolute atomic E-state index is 0.00120. The van der Waals surface area contributed by atoms with E-state index in [0.29, 0.717) is 13.1 Å². The van der Waals surface area contributed by atoms with Crippen molar-refractivity contribution in [2.45, 2.75) is 38.9 Å². The van der Waals surface area contributed by atoms with Crippen molar-refractivity contribution in [1.82, 2.24) is 15.5 Å². The number of carbonyl (C=O) groups excluding carboxylic acids is 2. The molecule has 0 unspecified atom stereocenters. The summed E-state index contributed by atoms with van der Waals surface area (Å²) < 4.78 is 38.2. The van der Waals surface area contributed by atoms with Crippen molar-refractivity contribution in [3.05, 3.63) is 35.4 Å². The third-order valence-electron chi connectivity index (χ3n) is 4.53. The molecule has 2 rings (SSSR count). The van der Waals surface area contributed by atoms with Crippen molar-refractivity contribution >= 4 is 11.8 Å². The van der Waals surface area contributed by atoms with E-state index < -0.39 is 17.6 Å². The molecule has 1 saturated heterocycles. The Morgan fingerprint density at radius 2 is 1.89 bits per heavy atom. The van der Waals surface area contributed by atoms with Crippen LogP contribution < -0.4 is 10.6 Å². The zero-order chi connectivity index (χ0) is 20.0. The number of nitrogens with zero attached hydrogens (tertiary/aromatic N) is 1. The molecule has 150 valence electrons. The van der Waals surface area contributed by atoms with Gasteiger partial charge in [0.15, 0.2) is 0 Å². The lowest BCUT2D eigenvalue weighted by Crippen LogP contribution is -2.44. The van der Waals surface area contributed by atoms with Crippen LogP contribution in [-0.4, -0.2) is 48.9 Å². The van der Waals surface area contributed by atoms with Crippen molar-refractivity contribution < 1.29 is 22.8 Å². The van der Waals surface area contributed by atoms with Gasteiger partial charge < -0.3 is 10.6 Å². The molecule has 0 radical (unpaired) electrons. The van der Waals surface area contributed by atoms with Gasteiger partial charge in [-0.3, -0.25) is 14.5 Å². The molecule has 1 heterocycles. The van der Waals surface area contributed by atoms with Gasteiger partial charge in [-0.15, -0.1) is 0 Å². The predicted molar refractivity (Wildman–Crippen MR) is 96.2 cm³/mol. The molecule has 27 heavy (non-hydrogen) atoms. The van der Waals surface area contributed by atoms with E-state index in [1.54, 1.807) is 0 Å². The number of benzene rings is 1. The van der Waals surface area contributed by atoms with Crippen molar-refractivity contribution in [1.29, 1.82) is 0 Å². The van der Waals surface area contributed by atoms with Gasteiger partial charge in [-0.25, -0.2) is 0 Å². The van der Waals surface area contributed by atoms with Gasteiger partial charge >= 0.3 is 6.18 Å². The molecule has 0 spiro atoms. The molecule has 2 amide bonds. The van der Waals surface area contributed by atoms with E-state index in [2.05, 4.69) is 15.5 Å². The fraction of sp³-hybridized carbons (Fsp3) is 0.579. The predicted octanol–water partition coefficient (Wildman–Crippen LogP) is 2.67. The van der Waals surface area contributed by atoms with Gasteiger partial charge in [0.2, 0.25) is 5.91 Å². The monoisotopic (exact) mass is 385 g/mol. The number of rotatable bonds is 6. The van der Waals surface area contributed by atoms with Crippen LogP contribution in [0.25, 0.3) is 0 Å². The molecule has 0 bridgehead atoms. The Kier molecular flexibility index (Phi) is 7.24. The van der Waals surface area contributed by atoms with Crippen molar-refractivity contribution in [2.24, 2.45) is 5.92 Å². The Hall–Kier alpha value is -2.09. The van der Waals surface area contributed by atoms with Gasteiger partial charge in [-0.2, -0.15) is 13.2 Å². The summed E-state index contributed by atoms with van der Waals surface area (Å²) in [6.45, 7) is 6.13. The van der Waals surface area contributed by atoms with Crippen LogP contribution in [0.4, 0.5) is 13.2 Å². The van der Waals surface area contributed by atoms with Crippen LogP contribution in [0.3, 0.4) is 0 Å². The Labute approximate surface area is 157 Å². The number of likely N-dealkylation sites (tertiary alicyclic amines) is 1. The van der Waals surface area contributed by atoms with Crippen LogP contribution in [-0.2, 0) is 11.0 Å². The second-order valence-electron chi connectivity index (χ2n) is 7.23. The highest BCUT2D eigenvalue weighted by molar-refractivity contribution is 5.94. The molecule has 1 aliphatic rings. The Morgan fingerprint density at radius 1 is 1.22 bits per heavy atom. The average molecular weight is 385 g/mol. The fourth-order valence-electron chi connectivity index (χ4n) is 3.10. The van der Waals surface area contributed by atoms with E-state index in [-0.39, 0.29) is 23.4 Å². The molecule has 5 nitrogen and oxygen atoms in total. The number of alkyl halides is 3. The van der Waals surface area contributed by atoms with Crippen molar-refractivity contribution in [2.75, 3.05) is 26.2 Å². The largest absolute Gasteiger partial charge is 0.416 e. The molecule has 0 aliphatic carbocycles. The van der Waals surface area contributed by atoms with Gasteiger partial charge in [0, 0.05) is 18.2 Å². The van der Waals surface area contributed by atoms with Crippen LogP contribution in [0, 0.1) is 5.92 Å². The minimum atomic E-state index is -4.47. The summed E-state index contributed by atoms with van der Waals surface area (Å²) >= 11 is 0. The van der Waals surface area contributed by atoms with Crippen LogP contribution >= 0.6 is 0 Å². The van der Waals surface area contributed by atoms with Gasteiger partial charge in [0.1, 0.15) is 0 Å². The van der Waals surface area contributed by atoms with Gasteiger partial charge in [-0.1, -0.05) is 6.07 Å². The average Bonchev–Trinajstić information content (AvgIpc) is 2.59. The van der Waals surface area contributed by atoms with Gasteiger partial charge in [0.05, 0.1) is 12.1 Å². The number of nitrogens with one attached hydrogen (secondary N) is 2. The summed E-state index contributed by atoms with van der Waals surface area (Å²) in [6, 6.07) is 4.53. The molecule has 1 aromatic carbocycles. The molecule has 1 fully saturated rings. The Bertz CT molecular complexity index is 654. The maximum absolute atomic E-state index is 12.7. The standard InChI is InChI=1S/C19H26F3N3O2/c1-13(2)24-17(26)12-25-8-6-14(7-9-25)11-23-18(27)15-4-3-5-16(10-15)19(20,21)22/h3-5,10,13-14H,6-9,11-12H2,1-2H3,(H,23,27)(H,24,26). The number of hydrogen-bond donors (Lipinski definition) is 2. The van der Waals surface area contributed by atoms with Crippen LogP contribution in [0.2, 0.25) is 0 Å². The van der Waals surface area contributed by atoms with Crippen LogP contribution in [0.5, 0.6) is 0 Å². The lowest BCUT2D eigenvalue weighted by Gasteiger charge is -2.31. The number of hydrogen-bond acceptors (Lipinski definition) is 3. The lowest BCUT2D eigenvalue weighted by molar-refractivity contribution is -0.137. The second-order valence-corrected chi connectivity index (χ2v) is 7.23. The summed E-state index contributed by atoms with van der Waals surface area (Å²) in [7, 11) is 0. The third kappa shape index (κ3) is 6.86. The number of piperidine rings is 1. The molecule has 0 aromatic heterocycles. The minimum Gasteiger partial charge on any atom is -0.353 e. The Morgan fingerprint density at radius 3 is 2.48 bits per heavy atom. The van der Waals surface area contributed by atoms with E-state index in [1.165, 1.54) is 12.1 Å². The molecule has 0 atom stereocenters. The number of carbonyl (C=O) groups is 2. The van der Waals surface area contributed by atoms with Crippen LogP contribution in [0.1, 0.15) is 42.6 Å². The first-order chi connectivity index (χ1) is 12.6. The zero-order valence-corrected chi connectivity index (χ0v) is 15.6. The molecule has 0 saturated carbocycles. The highest BCUT2D eigenvalue weighted by Crippen LogP contribution is 2.29. The molecular formula is C19H26F3N3O2. The summed E-state index contributed by atoms with van der Waals surface area (Å²) in [5.74, 6) is -0.245. The highest BCUT2D eigenvalue weighted by atomic mass is 19.4. The lowest BCUT2D eigenvalue weighted by atomic mass is 9.96. The number of amides is 2. The van der Waals surface area contributed by atoms with Crippen molar-refractivity contribution in [3.8, 4) is 0 Å². The van der Waals surface area contributed by atoms with Gasteiger partial charge in [-0.05, 0) is 63.9 Å². The van der Waals surface area contributed by atoms with E-state index in [4.69, 9.17) is 0 Å². The fourth-order valence-corrected chi connectivity index (χ4v) is 3.10. The topological polar surface area (TPSA) is 61.4 Å². The van der Waals surface area contributed by atoms with E-state index in [0.717, 1.165) is 38.1 Å². The summed E-state index contributed by atoms with van der Waals surface area (Å²) in [5, 5.41) is 5.58. The highest BCUT2D eigenvalue weighted by Gasteiger charge is 2.31. The normalized spacial score (nSPS) is 16.4. The SMILES string of the molecule is CC(C)NC(=O)CN1CCC(CNC(=O)c2cccc(C(F)(F)F)c2)CC1. The summed E-state index contributed by atoms with van der Waals surface area (Å²) in [6.07, 6.45) is -2.80.